The van der Waals surface area contributed by atoms with Crippen molar-refractivity contribution in [3.05, 3.63) is 28.3 Å². The summed E-state index contributed by atoms with van der Waals surface area (Å²) in [7, 11) is 1.48. The van der Waals surface area contributed by atoms with Gasteiger partial charge in [0, 0.05) is 10.6 Å². The van der Waals surface area contributed by atoms with E-state index in [-0.39, 0.29) is 0 Å². The lowest BCUT2D eigenvalue weighted by atomic mass is 9.98. The summed E-state index contributed by atoms with van der Waals surface area (Å²) in [5.74, 6) is -0.688. The van der Waals surface area contributed by atoms with Gasteiger partial charge in [0.1, 0.15) is 11.8 Å². The Kier molecular flexibility index (Phi) is 4.34. The Balaban J connectivity index is 3.20. The third-order valence-electron chi connectivity index (χ3n) is 2.54. The molecule has 0 radical (unpaired) electrons. The minimum absolute atomic E-state index is 0.483. The van der Waals surface area contributed by atoms with E-state index in [4.69, 9.17) is 32.9 Å². The first-order valence-electron chi connectivity index (χ1n) is 4.96. The van der Waals surface area contributed by atoms with Crippen LogP contribution < -0.4 is 16.2 Å². The third kappa shape index (κ3) is 2.88. The van der Waals surface area contributed by atoms with Gasteiger partial charge >= 0.3 is 5.97 Å². The highest BCUT2D eigenvalue weighted by molar-refractivity contribution is 6.31. The van der Waals surface area contributed by atoms with Gasteiger partial charge in [0.15, 0.2) is 0 Å². The second-order valence-corrected chi connectivity index (χ2v) is 4.14. The maximum absolute atomic E-state index is 10.8. The number of hydrogen-bond acceptors (Lipinski definition) is 4. The van der Waals surface area contributed by atoms with E-state index < -0.39 is 18.1 Å². The minimum Gasteiger partial charge on any atom is -0.496 e. The lowest BCUT2D eigenvalue weighted by molar-refractivity contribution is -0.139. The van der Waals surface area contributed by atoms with E-state index >= 15 is 0 Å². The van der Waals surface area contributed by atoms with Crippen molar-refractivity contribution in [3.8, 4) is 5.75 Å². The second-order valence-electron chi connectivity index (χ2n) is 3.73. The molecule has 0 heterocycles. The zero-order valence-electron chi connectivity index (χ0n) is 9.61. The molecular weight excluding hydrogens is 244 g/mol. The maximum Gasteiger partial charge on any atom is 0.322 e. The highest BCUT2D eigenvalue weighted by Gasteiger charge is 2.25. The van der Waals surface area contributed by atoms with Crippen LogP contribution in [0, 0.1) is 6.92 Å². The fourth-order valence-corrected chi connectivity index (χ4v) is 1.63. The number of methoxy groups -OCH3 is 1. The summed E-state index contributed by atoms with van der Waals surface area (Å²) in [5, 5.41) is 9.32. The van der Waals surface area contributed by atoms with Crippen molar-refractivity contribution in [1.82, 2.24) is 0 Å². The van der Waals surface area contributed by atoms with Crippen LogP contribution in [-0.4, -0.2) is 24.2 Å². The predicted octanol–water partition coefficient (Wildman–Crippen LogP) is 1.07. The van der Waals surface area contributed by atoms with Gasteiger partial charge in [-0.3, -0.25) is 4.79 Å². The van der Waals surface area contributed by atoms with Gasteiger partial charge in [0.25, 0.3) is 0 Å². The van der Waals surface area contributed by atoms with E-state index in [1.807, 2.05) is 6.92 Å². The van der Waals surface area contributed by atoms with Gasteiger partial charge in [0.2, 0.25) is 0 Å². The number of halogens is 1. The van der Waals surface area contributed by atoms with Crippen molar-refractivity contribution in [2.24, 2.45) is 11.5 Å². The van der Waals surface area contributed by atoms with Crippen LogP contribution in [0.1, 0.15) is 17.2 Å². The Labute approximate surface area is 104 Å². The van der Waals surface area contributed by atoms with Crippen LogP contribution in [-0.2, 0) is 4.79 Å². The summed E-state index contributed by atoms with van der Waals surface area (Å²) in [6.07, 6.45) is 0. The van der Waals surface area contributed by atoms with Crippen molar-refractivity contribution < 1.29 is 14.6 Å². The molecule has 0 amide bonds. The van der Waals surface area contributed by atoms with Gasteiger partial charge in [-0.05, 0) is 24.6 Å². The third-order valence-corrected chi connectivity index (χ3v) is 2.95. The van der Waals surface area contributed by atoms with Crippen LogP contribution in [0.5, 0.6) is 5.75 Å². The quantitative estimate of drug-likeness (QED) is 0.750. The van der Waals surface area contributed by atoms with E-state index in [0.717, 1.165) is 5.56 Å². The molecule has 5 nitrogen and oxygen atoms in total. The zero-order chi connectivity index (χ0) is 13.2. The average molecular weight is 259 g/mol. The minimum atomic E-state index is -1.21. The number of aryl methyl sites for hydroxylation is 1. The molecule has 17 heavy (non-hydrogen) atoms. The summed E-state index contributed by atoms with van der Waals surface area (Å²) in [6, 6.07) is 1.21. The molecule has 0 saturated heterocycles. The lowest BCUT2D eigenvalue weighted by Crippen LogP contribution is -2.41. The molecule has 5 N–H and O–H groups in total. The van der Waals surface area contributed by atoms with Crippen molar-refractivity contribution in [2.75, 3.05) is 7.11 Å². The van der Waals surface area contributed by atoms with Gasteiger partial charge < -0.3 is 21.3 Å². The van der Waals surface area contributed by atoms with E-state index in [2.05, 4.69) is 0 Å². The molecule has 1 aromatic carbocycles. The normalized spacial score (nSPS) is 14.2. The van der Waals surface area contributed by atoms with Crippen LogP contribution >= 0.6 is 11.6 Å². The number of rotatable bonds is 4. The Bertz CT molecular complexity index is 437. The summed E-state index contributed by atoms with van der Waals surface area (Å²) in [4.78, 5) is 10.8. The van der Waals surface area contributed by atoms with Gasteiger partial charge in [-0.2, -0.15) is 0 Å². The first-order chi connectivity index (χ1) is 7.88. The molecular formula is C11H15ClN2O3. The zero-order valence-corrected chi connectivity index (χ0v) is 10.4. The summed E-state index contributed by atoms with van der Waals surface area (Å²) in [5.41, 5.74) is 12.6. The molecule has 0 aromatic heterocycles. The van der Waals surface area contributed by atoms with Crippen molar-refractivity contribution in [2.45, 2.75) is 19.0 Å². The van der Waals surface area contributed by atoms with Gasteiger partial charge in [-0.15, -0.1) is 0 Å². The number of carboxylic acids is 1. The molecule has 6 heteroatoms. The number of carbonyl (C=O) groups is 1. The smallest absolute Gasteiger partial charge is 0.322 e. The number of carboxylic acid groups (broad SMARTS) is 1. The summed E-state index contributed by atoms with van der Waals surface area (Å²) >= 11 is 5.97. The molecule has 0 fully saturated rings. The van der Waals surface area contributed by atoms with E-state index in [9.17, 15) is 4.79 Å². The fraction of sp³-hybridized carbons (Fsp3) is 0.364. The molecule has 0 aliphatic heterocycles. The number of benzene rings is 1. The van der Waals surface area contributed by atoms with E-state index in [1.54, 1.807) is 12.1 Å². The lowest BCUT2D eigenvalue weighted by Gasteiger charge is -2.20. The molecule has 0 aliphatic carbocycles. The van der Waals surface area contributed by atoms with Crippen molar-refractivity contribution >= 4 is 17.6 Å². The van der Waals surface area contributed by atoms with Crippen LogP contribution in [0.4, 0.5) is 0 Å². The van der Waals surface area contributed by atoms with Crippen LogP contribution in [0.3, 0.4) is 0 Å². The molecule has 0 spiro atoms. The topological polar surface area (TPSA) is 98.6 Å². The van der Waals surface area contributed by atoms with Gasteiger partial charge in [0.05, 0.1) is 13.2 Å². The SMILES string of the molecule is COc1cc(C)c(Cl)cc1C(N)C(N)C(=O)O. The van der Waals surface area contributed by atoms with E-state index in [0.29, 0.717) is 16.3 Å². The number of ether oxygens (including phenoxy) is 1. The van der Waals surface area contributed by atoms with Gasteiger partial charge in [-0.1, -0.05) is 11.6 Å². The number of nitrogens with two attached hydrogens (primary N) is 2. The molecule has 0 aliphatic rings. The molecule has 2 unspecified atom stereocenters. The highest BCUT2D eigenvalue weighted by atomic mass is 35.5. The first kappa shape index (κ1) is 13.8. The Morgan fingerprint density at radius 2 is 2.06 bits per heavy atom. The Morgan fingerprint density at radius 1 is 1.47 bits per heavy atom. The molecule has 1 aromatic rings. The standard InChI is InChI=1S/C11H15ClN2O3/c1-5-3-8(17-2)6(4-7(5)12)9(13)10(14)11(15)16/h3-4,9-10H,13-14H2,1-2H3,(H,15,16). The fourth-order valence-electron chi connectivity index (χ4n) is 1.45. The Morgan fingerprint density at radius 3 is 2.53 bits per heavy atom. The van der Waals surface area contributed by atoms with Crippen molar-refractivity contribution in [1.29, 1.82) is 0 Å². The molecule has 0 saturated carbocycles. The van der Waals surface area contributed by atoms with Crippen LogP contribution in [0.15, 0.2) is 12.1 Å². The largest absolute Gasteiger partial charge is 0.496 e. The molecule has 1 rings (SSSR count). The average Bonchev–Trinajstić information content (AvgIpc) is 2.29. The molecule has 94 valence electrons. The maximum atomic E-state index is 10.8. The first-order valence-corrected chi connectivity index (χ1v) is 5.34. The number of hydrogen-bond donors (Lipinski definition) is 3. The second kappa shape index (κ2) is 5.35. The number of aliphatic carboxylic acids is 1. The summed E-state index contributed by atoms with van der Waals surface area (Å²) < 4.78 is 5.15. The van der Waals surface area contributed by atoms with Gasteiger partial charge in [-0.25, -0.2) is 0 Å². The Hall–Kier alpha value is -1.30. The molecule has 0 bridgehead atoms. The monoisotopic (exact) mass is 258 g/mol. The predicted molar refractivity (Wildman–Crippen MR) is 65.3 cm³/mol. The van der Waals surface area contributed by atoms with Crippen LogP contribution in [0.2, 0.25) is 5.02 Å². The molecule has 2 atom stereocenters. The summed E-state index contributed by atoms with van der Waals surface area (Å²) in [6.45, 7) is 1.82. The van der Waals surface area contributed by atoms with Crippen molar-refractivity contribution in [3.63, 3.8) is 0 Å². The van der Waals surface area contributed by atoms with Crippen LogP contribution in [0.25, 0.3) is 0 Å². The highest BCUT2D eigenvalue weighted by Crippen LogP contribution is 2.31. The van der Waals surface area contributed by atoms with E-state index in [1.165, 1.54) is 7.11 Å².